The van der Waals surface area contributed by atoms with Gasteiger partial charge in [0.15, 0.2) is 0 Å². The standard InChI is InChI=1S/C12H6F6O3/c13-11(14,15)10(12(16,17)18)7(9(19)20)5-6-3-1-2-4-8(6)21-10/h1-5H,(H,19,20). The Morgan fingerprint density at radius 2 is 1.57 bits per heavy atom. The molecule has 0 saturated heterocycles. The number of carbonyl (C=O) groups is 1. The van der Waals surface area contributed by atoms with Crippen LogP contribution < -0.4 is 4.74 Å². The summed E-state index contributed by atoms with van der Waals surface area (Å²) in [6.07, 6.45) is -11.7. The van der Waals surface area contributed by atoms with E-state index in [2.05, 4.69) is 4.74 Å². The highest BCUT2D eigenvalue weighted by Crippen LogP contribution is 2.53. The zero-order valence-electron chi connectivity index (χ0n) is 9.92. The first-order valence-electron chi connectivity index (χ1n) is 5.37. The summed E-state index contributed by atoms with van der Waals surface area (Å²) in [7, 11) is 0. The number of ether oxygens (including phenoxy) is 1. The van der Waals surface area contributed by atoms with Crippen LogP contribution in [0.3, 0.4) is 0 Å². The first-order chi connectivity index (χ1) is 9.50. The number of benzene rings is 1. The van der Waals surface area contributed by atoms with Crippen molar-refractivity contribution in [2.75, 3.05) is 0 Å². The summed E-state index contributed by atoms with van der Waals surface area (Å²) in [6.45, 7) is 0. The second-order valence-corrected chi connectivity index (χ2v) is 4.18. The number of rotatable bonds is 1. The molecule has 0 aromatic heterocycles. The van der Waals surface area contributed by atoms with E-state index in [-0.39, 0.29) is 5.56 Å². The molecule has 0 amide bonds. The van der Waals surface area contributed by atoms with E-state index < -0.39 is 35.2 Å². The van der Waals surface area contributed by atoms with Gasteiger partial charge in [-0.2, -0.15) is 26.3 Å². The van der Waals surface area contributed by atoms with Gasteiger partial charge in [0.2, 0.25) is 0 Å². The van der Waals surface area contributed by atoms with E-state index in [4.69, 9.17) is 5.11 Å². The molecule has 0 radical (unpaired) electrons. The summed E-state index contributed by atoms with van der Waals surface area (Å²) in [5.41, 5.74) is -7.01. The van der Waals surface area contributed by atoms with E-state index in [0.717, 1.165) is 12.1 Å². The maximum atomic E-state index is 13.0. The van der Waals surface area contributed by atoms with Crippen LogP contribution in [0, 0.1) is 0 Å². The number of halogens is 6. The number of para-hydroxylation sites is 1. The minimum Gasteiger partial charge on any atom is -0.478 e. The number of alkyl halides is 6. The number of carboxylic acids is 1. The van der Waals surface area contributed by atoms with Crippen LogP contribution in [0.15, 0.2) is 29.8 Å². The summed E-state index contributed by atoms with van der Waals surface area (Å²) >= 11 is 0. The molecule has 1 aliphatic heterocycles. The molecule has 0 atom stereocenters. The zero-order chi connectivity index (χ0) is 16.1. The maximum absolute atomic E-state index is 13.0. The molecule has 1 N–H and O–H groups in total. The van der Waals surface area contributed by atoms with E-state index in [9.17, 15) is 31.1 Å². The van der Waals surface area contributed by atoms with Crippen molar-refractivity contribution in [1.29, 1.82) is 0 Å². The van der Waals surface area contributed by atoms with E-state index in [0.29, 0.717) is 6.08 Å². The van der Waals surface area contributed by atoms with E-state index in [1.54, 1.807) is 0 Å². The molecular weight excluding hydrogens is 306 g/mol. The summed E-state index contributed by atoms with van der Waals surface area (Å²) in [4.78, 5) is 10.9. The molecule has 1 aromatic carbocycles. The number of carboxylic acid groups (broad SMARTS) is 1. The van der Waals surface area contributed by atoms with Gasteiger partial charge in [-0.15, -0.1) is 0 Å². The minimum absolute atomic E-state index is 0.181. The predicted molar refractivity (Wildman–Crippen MR) is 57.5 cm³/mol. The lowest BCUT2D eigenvalue weighted by Crippen LogP contribution is -2.64. The van der Waals surface area contributed by atoms with E-state index in [1.807, 2.05) is 0 Å². The van der Waals surface area contributed by atoms with Gasteiger partial charge in [-0.1, -0.05) is 18.2 Å². The Morgan fingerprint density at radius 1 is 1.05 bits per heavy atom. The van der Waals surface area contributed by atoms with E-state index >= 15 is 0 Å². The molecule has 3 nitrogen and oxygen atoms in total. The van der Waals surface area contributed by atoms with Crippen LogP contribution in [-0.4, -0.2) is 29.0 Å². The van der Waals surface area contributed by atoms with Gasteiger partial charge in [0.05, 0.1) is 5.57 Å². The highest BCUT2D eigenvalue weighted by molar-refractivity contribution is 5.96. The first kappa shape index (κ1) is 15.2. The number of hydrogen-bond donors (Lipinski definition) is 1. The normalized spacial score (nSPS) is 17.5. The Hall–Kier alpha value is -2.19. The number of aliphatic carboxylic acids is 1. The summed E-state index contributed by atoms with van der Waals surface area (Å²) in [5, 5.41) is 8.78. The molecular formula is C12H6F6O3. The zero-order valence-corrected chi connectivity index (χ0v) is 9.92. The highest BCUT2D eigenvalue weighted by Gasteiger charge is 2.77. The second kappa shape index (κ2) is 4.40. The predicted octanol–water partition coefficient (Wildman–Crippen LogP) is 3.41. The average molecular weight is 312 g/mol. The van der Waals surface area contributed by atoms with Gasteiger partial charge in [-0.05, 0) is 12.1 Å². The van der Waals surface area contributed by atoms with Crippen molar-refractivity contribution in [2.45, 2.75) is 18.0 Å². The molecule has 0 aliphatic carbocycles. The fourth-order valence-corrected chi connectivity index (χ4v) is 1.96. The van der Waals surface area contributed by atoms with Crippen molar-refractivity contribution < 1.29 is 41.0 Å². The lowest BCUT2D eigenvalue weighted by atomic mass is 9.87. The fourth-order valence-electron chi connectivity index (χ4n) is 1.96. The van der Waals surface area contributed by atoms with Crippen molar-refractivity contribution in [2.24, 2.45) is 0 Å². The molecule has 114 valence electrons. The molecule has 0 fully saturated rings. The van der Waals surface area contributed by atoms with Crippen LogP contribution in [0.1, 0.15) is 5.56 Å². The molecule has 1 aromatic rings. The fraction of sp³-hybridized carbons (Fsp3) is 0.250. The number of fused-ring (bicyclic) bond motifs is 1. The lowest BCUT2D eigenvalue weighted by molar-refractivity contribution is -0.342. The SMILES string of the molecule is O=C(O)C1=Cc2ccccc2OC1(C(F)(F)F)C(F)(F)F. The van der Waals surface area contributed by atoms with Crippen molar-refractivity contribution in [3.8, 4) is 5.75 Å². The van der Waals surface area contributed by atoms with E-state index in [1.165, 1.54) is 12.1 Å². The van der Waals surface area contributed by atoms with Crippen LogP contribution in [0.5, 0.6) is 5.75 Å². The van der Waals surface area contributed by atoms with Crippen LogP contribution >= 0.6 is 0 Å². The van der Waals surface area contributed by atoms with Crippen LogP contribution in [0.25, 0.3) is 6.08 Å². The average Bonchev–Trinajstić information content (AvgIpc) is 2.34. The molecule has 2 rings (SSSR count). The Labute approximate surface area is 113 Å². The first-order valence-corrected chi connectivity index (χ1v) is 5.37. The van der Waals surface area contributed by atoms with Crippen LogP contribution in [0.2, 0.25) is 0 Å². The van der Waals surface area contributed by atoms with Crippen LogP contribution in [0.4, 0.5) is 26.3 Å². The topological polar surface area (TPSA) is 46.5 Å². The molecule has 0 saturated carbocycles. The Balaban J connectivity index is 2.80. The maximum Gasteiger partial charge on any atom is 0.442 e. The second-order valence-electron chi connectivity index (χ2n) is 4.18. The van der Waals surface area contributed by atoms with Crippen molar-refractivity contribution in [3.05, 3.63) is 35.4 Å². The molecule has 9 heteroatoms. The Kier molecular flexibility index (Phi) is 3.19. The van der Waals surface area contributed by atoms with Crippen molar-refractivity contribution in [1.82, 2.24) is 0 Å². The smallest absolute Gasteiger partial charge is 0.442 e. The molecule has 21 heavy (non-hydrogen) atoms. The number of hydrogen-bond acceptors (Lipinski definition) is 2. The molecule has 1 aliphatic rings. The largest absolute Gasteiger partial charge is 0.478 e. The third kappa shape index (κ3) is 2.12. The molecule has 1 heterocycles. The van der Waals surface area contributed by atoms with Gasteiger partial charge < -0.3 is 9.84 Å². The third-order valence-electron chi connectivity index (χ3n) is 2.89. The Bertz CT molecular complexity index is 600. The van der Waals surface area contributed by atoms with Gasteiger partial charge >= 0.3 is 23.9 Å². The van der Waals surface area contributed by atoms with Gasteiger partial charge in [0.1, 0.15) is 5.75 Å². The van der Waals surface area contributed by atoms with Gasteiger partial charge in [-0.3, -0.25) is 0 Å². The summed E-state index contributed by atoms with van der Waals surface area (Å²) < 4.78 is 82.4. The summed E-state index contributed by atoms with van der Waals surface area (Å²) in [5.74, 6) is -3.06. The molecule has 0 unspecified atom stereocenters. The highest BCUT2D eigenvalue weighted by atomic mass is 19.4. The van der Waals surface area contributed by atoms with Crippen molar-refractivity contribution in [3.63, 3.8) is 0 Å². The van der Waals surface area contributed by atoms with Gasteiger partial charge in [0, 0.05) is 5.56 Å². The van der Waals surface area contributed by atoms with Gasteiger partial charge in [-0.25, -0.2) is 4.79 Å². The minimum atomic E-state index is -6.00. The molecule has 0 bridgehead atoms. The monoisotopic (exact) mass is 312 g/mol. The van der Waals surface area contributed by atoms with Gasteiger partial charge in [0.25, 0.3) is 0 Å². The Morgan fingerprint density at radius 3 is 2.05 bits per heavy atom. The third-order valence-corrected chi connectivity index (χ3v) is 2.89. The molecule has 0 spiro atoms. The quantitative estimate of drug-likeness (QED) is 0.808. The summed E-state index contributed by atoms with van der Waals surface area (Å²) in [6, 6.07) is 4.55. The van der Waals surface area contributed by atoms with Crippen molar-refractivity contribution >= 4 is 12.0 Å². The van der Waals surface area contributed by atoms with Crippen LogP contribution in [-0.2, 0) is 4.79 Å². The lowest BCUT2D eigenvalue weighted by Gasteiger charge is -2.40.